The molecule has 1 aliphatic rings. The molecule has 126 valence electrons. The van der Waals surface area contributed by atoms with Crippen LogP contribution in [0.3, 0.4) is 0 Å². The lowest BCUT2D eigenvalue weighted by atomic mass is 10.2. The molecule has 3 aromatic rings. The van der Waals surface area contributed by atoms with E-state index in [0.29, 0.717) is 0 Å². The maximum atomic E-state index is 4.68. The van der Waals surface area contributed by atoms with Gasteiger partial charge in [0.05, 0.1) is 22.3 Å². The molecule has 0 aromatic carbocycles. The van der Waals surface area contributed by atoms with E-state index >= 15 is 0 Å². The number of thiazole rings is 1. The summed E-state index contributed by atoms with van der Waals surface area (Å²) in [5.74, 6) is 1.80. The molecule has 0 N–H and O–H groups in total. The monoisotopic (exact) mass is 343 g/mol. The molecule has 0 atom stereocenters. The predicted octanol–water partition coefficient (Wildman–Crippen LogP) is 1.76. The minimum atomic E-state index is 0.793. The van der Waals surface area contributed by atoms with E-state index in [1.165, 1.54) is 5.69 Å². The zero-order valence-corrected chi connectivity index (χ0v) is 15.0. The summed E-state index contributed by atoms with van der Waals surface area (Å²) in [4.78, 5) is 18.6. The SMILES string of the molecule is Cc1nc(N2CCN(Cc3csc(C)n3)CC2)c2cnn(C)c2n1. The molecule has 4 heterocycles. The van der Waals surface area contributed by atoms with Gasteiger partial charge in [0.25, 0.3) is 0 Å². The van der Waals surface area contributed by atoms with Crippen molar-refractivity contribution < 1.29 is 0 Å². The average molecular weight is 343 g/mol. The van der Waals surface area contributed by atoms with Crippen LogP contribution >= 0.6 is 11.3 Å². The van der Waals surface area contributed by atoms with Crippen molar-refractivity contribution >= 4 is 28.2 Å². The molecule has 4 rings (SSSR count). The Morgan fingerprint density at radius 2 is 1.88 bits per heavy atom. The standard InChI is InChI=1S/C16H21N7S/c1-11-18-15-14(8-17-21(15)3)16(19-11)23-6-4-22(5-7-23)9-13-10-24-12(2)20-13/h8,10H,4-7,9H2,1-3H3. The Balaban J connectivity index is 1.50. The largest absolute Gasteiger partial charge is 0.353 e. The fraction of sp³-hybridized carbons (Fsp3) is 0.500. The van der Waals surface area contributed by atoms with Crippen LogP contribution in [0.5, 0.6) is 0 Å². The van der Waals surface area contributed by atoms with Gasteiger partial charge in [0.15, 0.2) is 5.65 Å². The smallest absolute Gasteiger partial charge is 0.163 e. The predicted molar refractivity (Wildman–Crippen MR) is 95.4 cm³/mol. The Kier molecular flexibility index (Phi) is 3.93. The second kappa shape index (κ2) is 6.10. The van der Waals surface area contributed by atoms with Crippen molar-refractivity contribution in [2.24, 2.45) is 7.05 Å². The molecule has 0 spiro atoms. The van der Waals surface area contributed by atoms with Gasteiger partial charge in [0, 0.05) is 45.2 Å². The lowest BCUT2D eigenvalue weighted by Gasteiger charge is -2.35. The Labute approximate surface area is 145 Å². The van der Waals surface area contributed by atoms with Gasteiger partial charge in [-0.2, -0.15) is 5.10 Å². The minimum Gasteiger partial charge on any atom is -0.353 e. The summed E-state index contributed by atoms with van der Waals surface area (Å²) in [6.07, 6.45) is 1.87. The molecule has 8 heteroatoms. The summed E-state index contributed by atoms with van der Waals surface area (Å²) in [5, 5.41) is 8.67. The van der Waals surface area contributed by atoms with Gasteiger partial charge in [-0.1, -0.05) is 0 Å². The topological polar surface area (TPSA) is 63.0 Å². The summed E-state index contributed by atoms with van der Waals surface area (Å²) >= 11 is 1.72. The molecule has 0 radical (unpaired) electrons. The lowest BCUT2D eigenvalue weighted by Crippen LogP contribution is -2.46. The van der Waals surface area contributed by atoms with Crippen LogP contribution in [0.1, 0.15) is 16.5 Å². The molecule has 7 nitrogen and oxygen atoms in total. The van der Waals surface area contributed by atoms with Crippen LogP contribution in [0.15, 0.2) is 11.6 Å². The highest BCUT2D eigenvalue weighted by Gasteiger charge is 2.22. The van der Waals surface area contributed by atoms with Gasteiger partial charge in [-0.05, 0) is 13.8 Å². The number of piperazine rings is 1. The first-order valence-electron chi connectivity index (χ1n) is 8.15. The van der Waals surface area contributed by atoms with E-state index in [0.717, 1.165) is 60.4 Å². The van der Waals surface area contributed by atoms with Crippen molar-refractivity contribution in [2.75, 3.05) is 31.1 Å². The first-order valence-corrected chi connectivity index (χ1v) is 9.03. The normalized spacial score (nSPS) is 16.2. The van der Waals surface area contributed by atoms with E-state index in [2.05, 4.69) is 42.2 Å². The number of anilines is 1. The van der Waals surface area contributed by atoms with Crippen LogP contribution in [0, 0.1) is 13.8 Å². The average Bonchev–Trinajstić information content (AvgIpc) is 3.14. The number of rotatable bonds is 3. The molecular weight excluding hydrogens is 322 g/mol. The number of hydrogen-bond donors (Lipinski definition) is 0. The van der Waals surface area contributed by atoms with Gasteiger partial charge < -0.3 is 4.90 Å². The number of fused-ring (bicyclic) bond motifs is 1. The number of aryl methyl sites for hydroxylation is 3. The minimum absolute atomic E-state index is 0.793. The number of nitrogens with zero attached hydrogens (tertiary/aromatic N) is 7. The first-order chi connectivity index (χ1) is 11.6. The van der Waals surface area contributed by atoms with Gasteiger partial charge in [0.2, 0.25) is 0 Å². The summed E-state index contributed by atoms with van der Waals surface area (Å²) in [6.45, 7) is 8.89. The molecule has 0 bridgehead atoms. The van der Waals surface area contributed by atoms with Crippen molar-refractivity contribution in [3.63, 3.8) is 0 Å². The Morgan fingerprint density at radius 3 is 2.58 bits per heavy atom. The Morgan fingerprint density at radius 1 is 1.08 bits per heavy atom. The van der Waals surface area contributed by atoms with Crippen molar-refractivity contribution in [1.82, 2.24) is 29.6 Å². The third-order valence-electron chi connectivity index (χ3n) is 4.41. The van der Waals surface area contributed by atoms with Crippen molar-refractivity contribution in [3.05, 3.63) is 28.1 Å². The van der Waals surface area contributed by atoms with Crippen LogP contribution in [0.25, 0.3) is 11.0 Å². The molecule has 0 saturated carbocycles. The summed E-state index contributed by atoms with van der Waals surface area (Å²) in [6, 6.07) is 0. The zero-order chi connectivity index (χ0) is 16.7. The summed E-state index contributed by atoms with van der Waals surface area (Å²) in [5.41, 5.74) is 2.08. The molecule has 1 aliphatic heterocycles. The molecular formula is C16H21N7S. The van der Waals surface area contributed by atoms with E-state index < -0.39 is 0 Å². The molecule has 1 fully saturated rings. The van der Waals surface area contributed by atoms with Gasteiger partial charge in [-0.15, -0.1) is 11.3 Å². The van der Waals surface area contributed by atoms with Gasteiger partial charge in [-0.25, -0.2) is 15.0 Å². The highest BCUT2D eigenvalue weighted by Crippen LogP contribution is 2.24. The molecule has 24 heavy (non-hydrogen) atoms. The third kappa shape index (κ3) is 2.87. The van der Waals surface area contributed by atoms with E-state index in [4.69, 9.17) is 0 Å². The maximum Gasteiger partial charge on any atom is 0.163 e. The van der Waals surface area contributed by atoms with E-state index in [1.807, 2.05) is 24.9 Å². The molecule has 1 saturated heterocycles. The molecule has 0 aliphatic carbocycles. The second-order valence-corrected chi connectivity index (χ2v) is 7.28. The summed E-state index contributed by atoms with van der Waals surface area (Å²) < 4.78 is 1.81. The highest BCUT2D eigenvalue weighted by atomic mass is 32.1. The van der Waals surface area contributed by atoms with Crippen LogP contribution in [-0.2, 0) is 13.6 Å². The maximum absolute atomic E-state index is 4.68. The molecule has 0 amide bonds. The van der Waals surface area contributed by atoms with Crippen LogP contribution in [-0.4, -0.2) is 55.8 Å². The Hall–Kier alpha value is -2.06. The Bertz CT molecular complexity index is 861. The quantitative estimate of drug-likeness (QED) is 0.722. The van der Waals surface area contributed by atoms with Crippen molar-refractivity contribution in [2.45, 2.75) is 20.4 Å². The van der Waals surface area contributed by atoms with Crippen LogP contribution < -0.4 is 4.90 Å². The fourth-order valence-corrected chi connectivity index (χ4v) is 3.79. The van der Waals surface area contributed by atoms with Gasteiger partial charge in [-0.3, -0.25) is 9.58 Å². The number of hydrogen-bond acceptors (Lipinski definition) is 7. The lowest BCUT2D eigenvalue weighted by molar-refractivity contribution is 0.247. The summed E-state index contributed by atoms with van der Waals surface area (Å²) in [7, 11) is 1.92. The van der Waals surface area contributed by atoms with Crippen molar-refractivity contribution in [3.8, 4) is 0 Å². The van der Waals surface area contributed by atoms with E-state index in [9.17, 15) is 0 Å². The van der Waals surface area contributed by atoms with Gasteiger partial charge >= 0.3 is 0 Å². The zero-order valence-electron chi connectivity index (χ0n) is 14.2. The van der Waals surface area contributed by atoms with Crippen LogP contribution in [0.2, 0.25) is 0 Å². The molecule has 3 aromatic heterocycles. The van der Waals surface area contributed by atoms with Crippen LogP contribution in [0.4, 0.5) is 5.82 Å². The first kappa shape index (κ1) is 15.5. The fourth-order valence-electron chi connectivity index (χ4n) is 3.18. The van der Waals surface area contributed by atoms with Gasteiger partial charge in [0.1, 0.15) is 11.6 Å². The van der Waals surface area contributed by atoms with Crippen molar-refractivity contribution in [1.29, 1.82) is 0 Å². The van der Waals surface area contributed by atoms with E-state index in [-0.39, 0.29) is 0 Å². The number of aromatic nitrogens is 5. The second-order valence-electron chi connectivity index (χ2n) is 6.22. The molecule has 0 unspecified atom stereocenters. The third-order valence-corrected chi connectivity index (χ3v) is 5.23. The highest BCUT2D eigenvalue weighted by molar-refractivity contribution is 7.09. The van der Waals surface area contributed by atoms with E-state index in [1.54, 1.807) is 11.3 Å².